The van der Waals surface area contributed by atoms with E-state index < -0.39 is 0 Å². The number of aromatic nitrogens is 1. The van der Waals surface area contributed by atoms with E-state index in [1.165, 1.54) is 37.1 Å². The molecular weight excluding hydrogens is 184 g/mol. The summed E-state index contributed by atoms with van der Waals surface area (Å²) < 4.78 is 2.39. The SMILES string of the molecule is CCn1c(C)ccc1CNC1CCCC1. The lowest BCUT2D eigenvalue weighted by atomic mass is 10.2. The molecule has 1 N–H and O–H groups in total. The van der Waals surface area contributed by atoms with Crippen LogP contribution in [0.4, 0.5) is 0 Å². The van der Waals surface area contributed by atoms with Gasteiger partial charge in [0.2, 0.25) is 0 Å². The number of nitrogens with zero attached hydrogens (tertiary/aromatic N) is 1. The molecule has 0 radical (unpaired) electrons. The Hall–Kier alpha value is -0.760. The highest BCUT2D eigenvalue weighted by atomic mass is 15.0. The van der Waals surface area contributed by atoms with E-state index >= 15 is 0 Å². The molecular formula is C13H22N2. The van der Waals surface area contributed by atoms with E-state index in [0.717, 1.165) is 19.1 Å². The Morgan fingerprint density at radius 3 is 2.73 bits per heavy atom. The average Bonchev–Trinajstić information content (AvgIpc) is 2.84. The normalized spacial score (nSPS) is 17.5. The summed E-state index contributed by atoms with van der Waals surface area (Å²) in [5.74, 6) is 0. The van der Waals surface area contributed by atoms with Crippen molar-refractivity contribution in [1.29, 1.82) is 0 Å². The van der Waals surface area contributed by atoms with Crippen molar-refractivity contribution in [3.05, 3.63) is 23.5 Å². The second-order valence-electron chi connectivity index (χ2n) is 4.57. The third-order valence-electron chi connectivity index (χ3n) is 3.53. The van der Waals surface area contributed by atoms with Crippen LogP contribution in [0.3, 0.4) is 0 Å². The van der Waals surface area contributed by atoms with Gasteiger partial charge in [0.25, 0.3) is 0 Å². The van der Waals surface area contributed by atoms with Gasteiger partial charge in [0.15, 0.2) is 0 Å². The van der Waals surface area contributed by atoms with Crippen LogP contribution in [0.15, 0.2) is 12.1 Å². The Morgan fingerprint density at radius 2 is 2.07 bits per heavy atom. The molecule has 0 amide bonds. The predicted molar refractivity (Wildman–Crippen MR) is 63.9 cm³/mol. The number of nitrogens with one attached hydrogen (secondary N) is 1. The summed E-state index contributed by atoms with van der Waals surface area (Å²) in [6, 6.07) is 5.24. The number of rotatable bonds is 4. The summed E-state index contributed by atoms with van der Waals surface area (Å²) in [6.07, 6.45) is 5.55. The van der Waals surface area contributed by atoms with Crippen LogP contribution in [0.5, 0.6) is 0 Å². The Balaban J connectivity index is 1.92. The lowest BCUT2D eigenvalue weighted by Gasteiger charge is -2.14. The van der Waals surface area contributed by atoms with Crippen LogP contribution < -0.4 is 5.32 Å². The molecule has 1 aromatic rings. The summed E-state index contributed by atoms with van der Waals surface area (Å²) in [4.78, 5) is 0. The zero-order valence-corrected chi connectivity index (χ0v) is 9.92. The molecule has 1 fully saturated rings. The number of hydrogen-bond donors (Lipinski definition) is 1. The molecule has 0 bridgehead atoms. The third-order valence-corrected chi connectivity index (χ3v) is 3.53. The zero-order valence-electron chi connectivity index (χ0n) is 9.92. The van der Waals surface area contributed by atoms with Gasteiger partial charge >= 0.3 is 0 Å². The highest BCUT2D eigenvalue weighted by Crippen LogP contribution is 2.18. The lowest BCUT2D eigenvalue weighted by molar-refractivity contribution is 0.507. The fourth-order valence-corrected chi connectivity index (χ4v) is 2.61. The molecule has 0 aliphatic heterocycles. The summed E-state index contributed by atoms with van der Waals surface area (Å²) in [5.41, 5.74) is 2.81. The van der Waals surface area contributed by atoms with Crippen molar-refractivity contribution in [2.24, 2.45) is 0 Å². The van der Waals surface area contributed by atoms with Crippen molar-refractivity contribution in [2.75, 3.05) is 0 Å². The van der Waals surface area contributed by atoms with E-state index in [-0.39, 0.29) is 0 Å². The van der Waals surface area contributed by atoms with Crippen molar-refractivity contribution in [2.45, 2.75) is 58.7 Å². The maximum absolute atomic E-state index is 3.67. The fraction of sp³-hybridized carbons (Fsp3) is 0.692. The Morgan fingerprint density at radius 1 is 1.33 bits per heavy atom. The minimum atomic E-state index is 0.769. The van der Waals surface area contributed by atoms with Crippen molar-refractivity contribution < 1.29 is 0 Å². The molecule has 2 nitrogen and oxygen atoms in total. The van der Waals surface area contributed by atoms with Gasteiger partial charge in [-0.25, -0.2) is 0 Å². The topological polar surface area (TPSA) is 17.0 Å². The zero-order chi connectivity index (χ0) is 10.7. The largest absolute Gasteiger partial charge is 0.348 e. The van der Waals surface area contributed by atoms with Gasteiger partial charge in [-0.2, -0.15) is 0 Å². The van der Waals surface area contributed by atoms with E-state index in [1.54, 1.807) is 0 Å². The third kappa shape index (κ3) is 2.43. The van der Waals surface area contributed by atoms with Gasteiger partial charge in [0.05, 0.1) is 0 Å². The van der Waals surface area contributed by atoms with Crippen LogP contribution in [0.1, 0.15) is 44.0 Å². The van der Waals surface area contributed by atoms with Crippen LogP contribution in [-0.2, 0) is 13.1 Å². The quantitative estimate of drug-likeness (QED) is 0.801. The van der Waals surface area contributed by atoms with Crippen LogP contribution in [0.2, 0.25) is 0 Å². The van der Waals surface area contributed by atoms with Crippen molar-refractivity contribution in [1.82, 2.24) is 9.88 Å². The van der Waals surface area contributed by atoms with Gasteiger partial charge in [0, 0.05) is 30.5 Å². The average molecular weight is 206 g/mol. The highest BCUT2D eigenvalue weighted by Gasteiger charge is 2.14. The number of hydrogen-bond acceptors (Lipinski definition) is 1. The Labute approximate surface area is 92.7 Å². The van der Waals surface area contributed by atoms with E-state index in [0.29, 0.717) is 0 Å². The standard InChI is InChI=1S/C13H22N2/c1-3-15-11(2)8-9-13(15)10-14-12-6-4-5-7-12/h8-9,12,14H,3-7,10H2,1-2H3. The number of aryl methyl sites for hydroxylation is 1. The molecule has 1 aliphatic carbocycles. The Bertz CT molecular complexity index is 308. The first-order chi connectivity index (χ1) is 7.31. The van der Waals surface area contributed by atoms with Crippen LogP contribution >= 0.6 is 0 Å². The summed E-state index contributed by atoms with van der Waals surface area (Å²) in [6.45, 7) is 6.52. The van der Waals surface area contributed by atoms with E-state index in [4.69, 9.17) is 0 Å². The minimum Gasteiger partial charge on any atom is -0.348 e. The fourth-order valence-electron chi connectivity index (χ4n) is 2.61. The Kier molecular flexibility index (Phi) is 3.47. The molecule has 15 heavy (non-hydrogen) atoms. The second kappa shape index (κ2) is 4.84. The molecule has 0 unspecified atom stereocenters. The first-order valence-electron chi connectivity index (χ1n) is 6.19. The molecule has 1 heterocycles. The van der Waals surface area contributed by atoms with Gasteiger partial charge < -0.3 is 9.88 Å². The molecule has 1 saturated carbocycles. The minimum absolute atomic E-state index is 0.769. The second-order valence-corrected chi connectivity index (χ2v) is 4.57. The molecule has 1 aromatic heterocycles. The monoisotopic (exact) mass is 206 g/mol. The van der Waals surface area contributed by atoms with Crippen LogP contribution in [0, 0.1) is 6.92 Å². The summed E-state index contributed by atoms with van der Waals surface area (Å²) in [5, 5.41) is 3.67. The molecule has 84 valence electrons. The first-order valence-corrected chi connectivity index (χ1v) is 6.19. The van der Waals surface area contributed by atoms with Crippen molar-refractivity contribution >= 4 is 0 Å². The molecule has 0 atom stereocenters. The van der Waals surface area contributed by atoms with Crippen LogP contribution in [0.25, 0.3) is 0 Å². The van der Waals surface area contributed by atoms with Gasteiger partial charge in [-0.15, -0.1) is 0 Å². The maximum atomic E-state index is 3.67. The van der Waals surface area contributed by atoms with Crippen LogP contribution in [-0.4, -0.2) is 10.6 Å². The smallest absolute Gasteiger partial charge is 0.0361 e. The molecule has 1 aliphatic rings. The van der Waals surface area contributed by atoms with Gasteiger partial charge in [-0.1, -0.05) is 12.8 Å². The van der Waals surface area contributed by atoms with Gasteiger partial charge in [-0.05, 0) is 38.8 Å². The molecule has 0 aromatic carbocycles. The molecule has 2 rings (SSSR count). The van der Waals surface area contributed by atoms with E-state index in [1.807, 2.05) is 0 Å². The maximum Gasteiger partial charge on any atom is 0.0361 e. The summed E-state index contributed by atoms with van der Waals surface area (Å²) >= 11 is 0. The van der Waals surface area contributed by atoms with E-state index in [9.17, 15) is 0 Å². The van der Waals surface area contributed by atoms with Crippen molar-refractivity contribution in [3.8, 4) is 0 Å². The van der Waals surface area contributed by atoms with Gasteiger partial charge in [-0.3, -0.25) is 0 Å². The van der Waals surface area contributed by atoms with Gasteiger partial charge in [0.1, 0.15) is 0 Å². The predicted octanol–water partition coefficient (Wildman–Crippen LogP) is 2.85. The van der Waals surface area contributed by atoms with Crippen molar-refractivity contribution in [3.63, 3.8) is 0 Å². The summed E-state index contributed by atoms with van der Waals surface area (Å²) in [7, 11) is 0. The molecule has 0 saturated heterocycles. The highest BCUT2D eigenvalue weighted by molar-refractivity contribution is 5.15. The molecule has 2 heteroatoms. The van der Waals surface area contributed by atoms with E-state index in [2.05, 4.69) is 35.9 Å². The first kappa shape index (κ1) is 10.7. The molecule has 0 spiro atoms. The lowest BCUT2D eigenvalue weighted by Crippen LogP contribution is -2.26.